The zero-order valence-corrected chi connectivity index (χ0v) is 12.4. The van der Waals surface area contributed by atoms with Crippen molar-refractivity contribution >= 4 is 0 Å². The Morgan fingerprint density at radius 1 is 1.32 bits per heavy atom. The first-order valence-electron chi connectivity index (χ1n) is 7.02. The van der Waals surface area contributed by atoms with Crippen LogP contribution in [0.25, 0.3) is 0 Å². The molecule has 4 heteroatoms. The minimum atomic E-state index is -0.329. The molecule has 1 rings (SSSR count). The maximum atomic E-state index is 13.4. The maximum absolute atomic E-state index is 13.4. The maximum Gasteiger partial charge on any atom is 0.141 e. The normalized spacial score (nSPS) is 13.5. The number of aromatic nitrogens is 1. The molecular weight excluding hydrogens is 243 g/mol. The first-order valence-corrected chi connectivity index (χ1v) is 7.02. The molecule has 1 unspecified atom stereocenters. The van der Waals surface area contributed by atoms with Crippen molar-refractivity contribution in [1.29, 1.82) is 0 Å². The molecule has 0 saturated heterocycles. The van der Waals surface area contributed by atoms with Gasteiger partial charge >= 0.3 is 0 Å². The van der Waals surface area contributed by atoms with Crippen molar-refractivity contribution in [2.75, 3.05) is 13.7 Å². The van der Waals surface area contributed by atoms with Crippen LogP contribution in [0, 0.1) is 5.82 Å². The van der Waals surface area contributed by atoms with Gasteiger partial charge in [-0.05, 0) is 37.4 Å². The third kappa shape index (κ3) is 3.74. The van der Waals surface area contributed by atoms with E-state index in [1.807, 2.05) is 0 Å². The second-order valence-corrected chi connectivity index (χ2v) is 4.80. The highest BCUT2D eigenvalue weighted by molar-refractivity contribution is 5.19. The second-order valence-electron chi connectivity index (χ2n) is 4.80. The smallest absolute Gasteiger partial charge is 0.141 e. The van der Waals surface area contributed by atoms with Crippen LogP contribution in [0.1, 0.15) is 51.6 Å². The van der Waals surface area contributed by atoms with Gasteiger partial charge in [0.15, 0.2) is 0 Å². The van der Waals surface area contributed by atoms with Gasteiger partial charge in [-0.3, -0.25) is 4.98 Å². The summed E-state index contributed by atoms with van der Waals surface area (Å²) in [7, 11) is 1.72. The van der Waals surface area contributed by atoms with Crippen LogP contribution >= 0.6 is 0 Å². The van der Waals surface area contributed by atoms with Gasteiger partial charge in [0.1, 0.15) is 5.82 Å². The van der Waals surface area contributed by atoms with Crippen LogP contribution in [0.4, 0.5) is 4.39 Å². The lowest BCUT2D eigenvalue weighted by Crippen LogP contribution is -2.45. The molecule has 1 aromatic heterocycles. The summed E-state index contributed by atoms with van der Waals surface area (Å²) in [4.78, 5) is 3.96. The first kappa shape index (κ1) is 16.1. The van der Waals surface area contributed by atoms with Gasteiger partial charge in [0.25, 0.3) is 0 Å². The van der Waals surface area contributed by atoms with E-state index in [0.29, 0.717) is 0 Å². The molecule has 1 atom stereocenters. The molecular formula is C15H25FN2O. The fourth-order valence-corrected chi connectivity index (χ4v) is 2.55. The van der Waals surface area contributed by atoms with Crippen molar-refractivity contribution < 1.29 is 9.13 Å². The molecule has 0 amide bonds. The van der Waals surface area contributed by atoms with Crippen molar-refractivity contribution in [3.63, 3.8) is 0 Å². The molecule has 1 aromatic rings. The summed E-state index contributed by atoms with van der Waals surface area (Å²) in [5, 5.41) is 3.47. The van der Waals surface area contributed by atoms with E-state index in [4.69, 9.17) is 4.74 Å². The Hall–Kier alpha value is -1.00. The van der Waals surface area contributed by atoms with Gasteiger partial charge in [0.2, 0.25) is 0 Å². The topological polar surface area (TPSA) is 34.2 Å². The molecule has 0 aliphatic heterocycles. The minimum absolute atomic E-state index is 0.0457. The highest BCUT2D eigenvalue weighted by atomic mass is 19.1. The van der Waals surface area contributed by atoms with Gasteiger partial charge in [-0.1, -0.05) is 20.8 Å². The Labute approximate surface area is 115 Å². The van der Waals surface area contributed by atoms with E-state index in [1.165, 1.54) is 6.20 Å². The number of rotatable bonds is 8. The molecule has 3 nitrogen and oxygen atoms in total. The molecule has 0 aliphatic carbocycles. The average molecular weight is 268 g/mol. The van der Waals surface area contributed by atoms with E-state index >= 15 is 0 Å². The van der Waals surface area contributed by atoms with Crippen molar-refractivity contribution in [2.45, 2.75) is 51.7 Å². The summed E-state index contributed by atoms with van der Waals surface area (Å²) in [6, 6.07) is 1.50. The molecule has 0 radical (unpaired) electrons. The Bertz CT molecular complexity index is 372. The number of hydrogen-bond donors (Lipinski definition) is 1. The monoisotopic (exact) mass is 268 g/mol. The first-order chi connectivity index (χ1) is 9.13. The molecule has 0 spiro atoms. The van der Waals surface area contributed by atoms with Crippen LogP contribution in [0.5, 0.6) is 0 Å². The molecule has 1 N–H and O–H groups in total. The Morgan fingerprint density at radius 2 is 2.00 bits per heavy atom. The average Bonchev–Trinajstić information content (AvgIpc) is 2.44. The quantitative estimate of drug-likeness (QED) is 0.784. The summed E-state index contributed by atoms with van der Waals surface area (Å²) in [6.07, 6.45) is 5.69. The number of pyridine rings is 1. The summed E-state index contributed by atoms with van der Waals surface area (Å²) in [6.45, 7) is 7.17. The minimum Gasteiger partial charge on any atom is -0.376 e. The number of nitrogens with one attached hydrogen (secondary N) is 1. The van der Waals surface area contributed by atoms with E-state index in [1.54, 1.807) is 19.4 Å². The van der Waals surface area contributed by atoms with E-state index < -0.39 is 0 Å². The lowest BCUT2D eigenvalue weighted by molar-refractivity contribution is -0.0486. The van der Waals surface area contributed by atoms with Crippen LogP contribution in [-0.2, 0) is 4.74 Å². The van der Waals surface area contributed by atoms with Gasteiger partial charge in [0, 0.05) is 13.3 Å². The predicted molar refractivity (Wildman–Crippen MR) is 75.6 cm³/mol. The van der Waals surface area contributed by atoms with Gasteiger partial charge in [-0.2, -0.15) is 0 Å². The predicted octanol–water partition coefficient (Wildman–Crippen LogP) is 3.47. The third-order valence-electron chi connectivity index (χ3n) is 3.79. The van der Waals surface area contributed by atoms with Crippen LogP contribution in [0.3, 0.4) is 0 Å². The molecule has 19 heavy (non-hydrogen) atoms. The zero-order valence-electron chi connectivity index (χ0n) is 12.4. The van der Waals surface area contributed by atoms with Gasteiger partial charge in [-0.15, -0.1) is 0 Å². The summed E-state index contributed by atoms with van der Waals surface area (Å²) >= 11 is 0. The van der Waals surface area contributed by atoms with E-state index in [2.05, 4.69) is 31.1 Å². The third-order valence-corrected chi connectivity index (χ3v) is 3.79. The van der Waals surface area contributed by atoms with Crippen LogP contribution in [0.2, 0.25) is 0 Å². The van der Waals surface area contributed by atoms with E-state index in [9.17, 15) is 4.39 Å². The Kier molecular flexibility index (Phi) is 6.38. The van der Waals surface area contributed by atoms with E-state index in [0.717, 1.165) is 31.4 Å². The number of methoxy groups -OCH3 is 1. The fraction of sp³-hybridized carbons (Fsp3) is 0.667. The number of nitrogens with zero attached hydrogens (tertiary/aromatic N) is 1. The molecule has 108 valence electrons. The van der Waals surface area contributed by atoms with E-state index in [-0.39, 0.29) is 17.5 Å². The molecule has 1 heterocycles. The molecule has 0 saturated carbocycles. The van der Waals surface area contributed by atoms with Crippen molar-refractivity contribution in [2.24, 2.45) is 0 Å². The molecule has 0 fully saturated rings. The summed E-state index contributed by atoms with van der Waals surface area (Å²) < 4.78 is 19.2. The standard InChI is InChI=1S/C15H25FN2O/c1-5-8-18-14(15(6-2,7-3)19-4)12-9-13(16)11-17-10-12/h9-11,14,18H,5-8H2,1-4H3. The van der Waals surface area contributed by atoms with Crippen LogP contribution in [0.15, 0.2) is 18.5 Å². The number of hydrogen-bond acceptors (Lipinski definition) is 3. The van der Waals surface area contributed by atoms with Crippen LogP contribution in [-0.4, -0.2) is 24.2 Å². The number of halogens is 1. The van der Waals surface area contributed by atoms with Crippen molar-refractivity contribution in [3.8, 4) is 0 Å². The van der Waals surface area contributed by atoms with Gasteiger partial charge in [-0.25, -0.2) is 4.39 Å². The molecule has 0 bridgehead atoms. The second kappa shape index (κ2) is 7.56. The fourth-order valence-electron chi connectivity index (χ4n) is 2.55. The highest BCUT2D eigenvalue weighted by Crippen LogP contribution is 2.34. The van der Waals surface area contributed by atoms with Gasteiger partial charge in [0.05, 0.1) is 17.8 Å². The van der Waals surface area contributed by atoms with Crippen molar-refractivity contribution in [3.05, 3.63) is 29.8 Å². The Balaban J connectivity index is 3.12. The Morgan fingerprint density at radius 3 is 2.47 bits per heavy atom. The summed E-state index contributed by atoms with van der Waals surface area (Å²) in [5.41, 5.74) is 0.518. The molecule has 0 aliphatic rings. The lowest BCUT2D eigenvalue weighted by Gasteiger charge is -2.39. The van der Waals surface area contributed by atoms with Gasteiger partial charge < -0.3 is 10.1 Å². The summed E-state index contributed by atoms with van der Waals surface area (Å²) in [5.74, 6) is -0.307. The lowest BCUT2D eigenvalue weighted by atomic mass is 9.84. The molecule has 0 aromatic carbocycles. The largest absolute Gasteiger partial charge is 0.376 e. The SMILES string of the molecule is CCCNC(c1cncc(F)c1)C(CC)(CC)OC. The zero-order chi connectivity index (χ0) is 14.3. The highest BCUT2D eigenvalue weighted by Gasteiger charge is 2.36. The van der Waals surface area contributed by atoms with Crippen molar-refractivity contribution in [1.82, 2.24) is 10.3 Å². The number of ether oxygens (including phenoxy) is 1. The van der Waals surface area contributed by atoms with Crippen LogP contribution < -0.4 is 5.32 Å².